The van der Waals surface area contributed by atoms with Crippen LogP contribution in [0.15, 0.2) is 65.6 Å². The lowest BCUT2D eigenvalue weighted by Gasteiger charge is -2.25. The van der Waals surface area contributed by atoms with Gasteiger partial charge < -0.3 is 19.5 Å². The summed E-state index contributed by atoms with van der Waals surface area (Å²) in [7, 11) is 3.07. The Morgan fingerprint density at radius 1 is 1.03 bits per heavy atom. The Hall–Kier alpha value is -3.58. The zero-order valence-corrected chi connectivity index (χ0v) is 19.5. The molecule has 170 valence electrons. The second kappa shape index (κ2) is 9.50. The summed E-state index contributed by atoms with van der Waals surface area (Å²) in [4.78, 5) is 28.7. The SMILES string of the molecule is CCc1ccc(/C(O)=C2/C(=O)C(=O)N(Cc3cccs3)C2c2ccc(OC)c(OC)c2)cc1. The van der Waals surface area contributed by atoms with E-state index in [1.165, 1.54) is 23.3 Å². The van der Waals surface area contributed by atoms with E-state index in [2.05, 4.69) is 0 Å². The van der Waals surface area contributed by atoms with E-state index >= 15 is 0 Å². The third-order valence-electron chi connectivity index (χ3n) is 5.81. The molecule has 0 aliphatic carbocycles. The first kappa shape index (κ1) is 22.6. The topological polar surface area (TPSA) is 76.1 Å². The van der Waals surface area contributed by atoms with Gasteiger partial charge in [0.1, 0.15) is 5.76 Å². The normalized spacial score (nSPS) is 17.4. The van der Waals surface area contributed by atoms with Crippen molar-refractivity contribution in [2.45, 2.75) is 25.9 Å². The molecule has 0 spiro atoms. The molecule has 1 aliphatic rings. The molecule has 1 amide bonds. The average molecular weight is 464 g/mol. The lowest BCUT2D eigenvalue weighted by atomic mass is 9.94. The van der Waals surface area contributed by atoms with E-state index in [0.717, 1.165) is 16.9 Å². The zero-order chi connectivity index (χ0) is 23.5. The summed E-state index contributed by atoms with van der Waals surface area (Å²) in [6.45, 7) is 2.30. The molecule has 1 fully saturated rings. The number of hydrogen-bond donors (Lipinski definition) is 1. The molecule has 1 saturated heterocycles. The van der Waals surface area contributed by atoms with Crippen molar-refractivity contribution in [3.63, 3.8) is 0 Å². The number of aryl methyl sites for hydroxylation is 1. The van der Waals surface area contributed by atoms with Crippen molar-refractivity contribution in [3.8, 4) is 11.5 Å². The van der Waals surface area contributed by atoms with Gasteiger partial charge in [0.25, 0.3) is 11.7 Å². The van der Waals surface area contributed by atoms with Crippen LogP contribution in [-0.2, 0) is 22.6 Å². The van der Waals surface area contributed by atoms with Crippen LogP contribution in [0.3, 0.4) is 0 Å². The van der Waals surface area contributed by atoms with Crippen molar-refractivity contribution >= 4 is 28.8 Å². The molecule has 7 heteroatoms. The van der Waals surface area contributed by atoms with E-state index in [0.29, 0.717) is 22.6 Å². The minimum Gasteiger partial charge on any atom is -0.507 e. The number of amides is 1. The van der Waals surface area contributed by atoms with Crippen LogP contribution >= 0.6 is 11.3 Å². The third kappa shape index (κ3) is 4.24. The standard InChI is InChI=1S/C26H25NO5S/c1-4-16-7-9-17(10-8-16)24(28)22-23(18-11-12-20(31-2)21(14-18)32-3)27(26(30)25(22)29)15-19-6-5-13-33-19/h5-14,23,28H,4,15H2,1-3H3/b24-22-. The summed E-state index contributed by atoms with van der Waals surface area (Å²) >= 11 is 1.51. The largest absolute Gasteiger partial charge is 0.507 e. The van der Waals surface area contributed by atoms with Crippen LogP contribution in [0, 0.1) is 0 Å². The molecule has 6 nitrogen and oxygen atoms in total. The Balaban J connectivity index is 1.87. The molecular formula is C26H25NO5S. The molecule has 2 aromatic carbocycles. The lowest BCUT2D eigenvalue weighted by Crippen LogP contribution is -2.28. The van der Waals surface area contributed by atoms with E-state index in [4.69, 9.17) is 9.47 Å². The molecule has 0 bridgehead atoms. The lowest BCUT2D eigenvalue weighted by molar-refractivity contribution is -0.140. The molecule has 3 aromatic rings. The number of Topliss-reactive ketones (excluding diaryl/α,β-unsaturated/α-hetero) is 1. The second-order valence-electron chi connectivity index (χ2n) is 7.67. The van der Waals surface area contributed by atoms with Gasteiger partial charge in [-0.1, -0.05) is 43.3 Å². The maximum absolute atomic E-state index is 13.2. The first-order valence-electron chi connectivity index (χ1n) is 10.6. The number of hydrogen-bond acceptors (Lipinski definition) is 6. The van der Waals surface area contributed by atoms with E-state index in [9.17, 15) is 14.7 Å². The number of aliphatic hydroxyl groups excluding tert-OH is 1. The predicted molar refractivity (Wildman–Crippen MR) is 128 cm³/mol. The van der Waals surface area contributed by atoms with Crippen molar-refractivity contribution in [1.82, 2.24) is 4.90 Å². The number of nitrogens with zero attached hydrogens (tertiary/aromatic N) is 1. The van der Waals surface area contributed by atoms with Crippen molar-refractivity contribution < 1.29 is 24.2 Å². The van der Waals surface area contributed by atoms with Gasteiger partial charge in [0.05, 0.1) is 32.4 Å². The van der Waals surface area contributed by atoms with Crippen LogP contribution in [0.2, 0.25) is 0 Å². The van der Waals surface area contributed by atoms with Crippen LogP contribution < -0.4 is 9.47 Å². The predicted octanol–water partition coefficient (Wildman–Crippen LogP) is 4.95. The number of ketones is 1. The fraction of sp³-hybridized carbons (Fsp3) is 0.231. The van der Waals surface area contributed by atoms with Gasteiger partial charge in [-0.25, -0.2) is 0 Å². The van der Waals surface area contributed by atoms with Crippen LogP contribution in [0.5, 0.6) is 11.5 Å². The molecule has 1 unspecified atom stereocenters. The van der Waals surface area contributed by atoms with E-state index in [1.807, 2.05) is 36.6 Å². The minimum atomic E-state index is -0.766. The summed E-state index contributed by atoms with van der Waals surface area (Å²) in [5, 5.41) is 13.1. The monoisotopic (exact) mass is 463 g/mol. The maximum atomic E-state index is 13.2. The van der Waals surface area contributed by atoms with Gasteiger partial charge in [-0.3, -0.25) is 9.59 Å². The highest BCUT2D eigenvalue weighted by molar-refractivity contribution is 7.09. The number of carbonyl (C=O) groups is 2. The first-order valence-corrected chi connectivity index (χ1v) is 11.5. The van der Waals surface area contributed by atoms with Crippen molar-refractivity contribution in [1.29, 1.82) is 0 Å². The highest BCUT2D eigenvalue weighted by atomic mass is 32.1. The summed E-state index contributed by atoms with van der Waals surface area (Å²) in [5.41, 5.74) is 2.32. The van der Waals surface area contributed by atoms with Gasteiger partial charge in [0.2, 0.25) is 0 Å². The Morgan fingerprint density at radius 2 is 1.76 bits per heavy atom. The Bertz CT molecular complexity index is 1200. The Morgan fingerprint density at radius 3 is 2.36 bits per heavy atom. The second-order valence-corrected chi connectivity index (χ2v) is 8.70. The highest BCUT2D eigenvalue weighted by Gasteiger charge is 2.46. The molecule has 0 saturated carbocycles. The first-order chi connectivity index (χ1) is 16.0. The van der Waals surface area contributed by atoms with Crippen molar-refractivity contribution in [2.75, 3.05) is 14.2 Å². The summed E-state index contributed by atoms with van der Waals surface area (Å²) in [6, 6.07) is 15.7. The van der Waals surface area contributed by atoms with Gasteiger partial charge in [-0.15, -0.1) is 11.3 Å². The number of benzene rings is 2. The summed E-state index contributed by atoms with van der Waals surface area (Å²) in [5.74, 6) is -0.529. The Kier molecular flexibility index (Phi) is 6.51. The molecule has 33 heavy (non-hydrogen) atoms. The summed E-state index contributed by atoms with van der Waals surface area (Å²) < 4.78 is 10.8. The van der Waals surface area contributed by atoms with Crippen LogP contribution in [0.25, 0.3) is 5.76 Å². The number of carbonyl (C=O) groups excluding carboxylic acids is 2. The number of aliphatic hydroxyl groups is 1. The number of likely N-dealkylation sites (tertiary alicyclic amines) is 1. The zero-order valence-electron chi connectivity index (χ0n) is 18.7. The van der Waals surface area contributed by atoms with Crippen LogP contribution in [0.4, 0.5) is 0 Å². The average Bonchev–Trinajstić information content (AvgIpc) is 3.45. The van der Waals surface area contributed by atoms with Crippen LogP contribution in [-0.4, -0.2) is 35.9 Å². The fourth-order valence-electron chi connectivity index (χ4n) is 4.04. The number of ether oxygens (including phenoxy) is 2. The van der Waals surface area contributed by atoms with Crippen molar-refractivity contribution in [2.24, 2.45) is 0 Å². The minimum absolute atomic E-state index is 0.0630. The quantitative estimate of drug-likeness (QED) is 0.305. The van der Waals surface area contributed by atoms with E-state index < -0.39 is 17.7 Å². The van der Waals surface area contributed by atoms with E-state index in [-0.39, 0.29) is 17.9 Å². The maximum Gasteiger partial charge on any atom is 0.295 e. The van der Waals surface area contributed by atoms with Gasteiger partial charge in [0, 0.05) is 10.4 Å². The van der Waals surface area contributed by atoms with Crippen LogP contribution in [0.1, 0.15) is 34.5 Å². The molecule has 4 rings (SSSR count). The van der Waals surface area contributed by atoms with Crippen molar-refractivity contribution in [3.05, 3.63) is 87.1 Å². The molecule has 1 atom stereocenters. The van der Waals surface area contributed by atoms with Gasteiger partial charge in [-0.2, -0.15) is 0 Å². The molecule has 1 aromatic heterocycles. The number of thiophene rings is 1. The highest BCUT2D eigenvalue weighted by Crippen LogP contribution is 2.42. The van der Waals surface area contributed by atoms with Gasteiger partial charge in [0.15, 0.2) is 11.5 Å². The van der Waals surface area contributed by atoms with E-state index in [1.54, 1.807) is 37.4 Å². The summed E-state index contributed by atoms with van der Waals surface area (Å²) in [6.07, 6.45) is 0.859. The number of methoxy groups -OCH3 is 2. The van der Waals surface area contributed by atoms with Gasteiger partial charge >= 0.3 is 0 Å². The number of rotatable bonds is 7. The molecular weight excluding hydrogens is 438 g/mol. The Labute approximate surface area is 196 Å². The fourth-order valence-corrected chi connectivity index (χ4v) is 4.74. The molecule has 1 N–H and O–H groups in total. The molecule has 2 heterocycles. The van der Waals surface area contributed by atoms with Gasteiger partial charge in [-0.05, 0) is 41.1 Å². The molecule has 1 aliphatic heterocycles. The molecule has 0 radical (unpaired) electrons. The smallest absolute Gasteiger partial charge is 0.295 e. The third-order valence-corrected chi connectivity index (χ3v) is 6.67.